The van der Waals surface area contributed by atoms with Gasteiger partial charge in [-0.15, -0.1) is 34.5 Å². The second kappa shape index (κ2) is 6.43. The summed E-state index contributed by atoms with van der Waals surface area (Å²) >= 11 is 14.2. The van der Waals surface area contributed by atoms with Crippen LogP contribution < -0.4 is 0 Å². The van der Waals surface area contributed by atoms with E-state index in [4.69, 9.17) is 28.2 Å². The Bertz CT molecular complexity index is 499. The van der Waals surface area contributed by atoms with E-state index in [0.717, 1.165) is 23.4 Å². The van der Waals surface area contributed by atoms with Crippen molar-refractivity contribution in [2.45, 2.75) is 26.7 Å². The molecule has 0 aliphatic carbocycles. The largest absolute Gasteiger partial charge is 0.241 e. The molecule has 4 heteroatoms. The minimum atomic E-state index is -0.0366. The molecule has 2 aromatic rings. The lowest BCUT2D eigenvalue weighted by Gasteiger charge is -2.30. The standard InChI is InChI=1S/C15H19Cl2NS/c1-11(2)7-15(9-16,10-17)8-14-18-12-5-3-4-6-13(12)19-14/h3-6,11H,7-10H2,1-2H3. The fraction of sp³-hybridized carbons (Fsp3) is 0.533. The Balaban J connectivity index is 2.25. The van der Waals surface area contributed by atoms with Gasteiger partial charge in [0.05, 0.1) is 15.2 Å². The number of thiazole rings is 1. The van der Waals surface area contributed by atoms with Crippen LogP contribution in [0.3, 0.4) is 0 Å². The summed E-state index contributed by atoms with van der Waals surface area (Å²) in [5.41, 5.74) is 1.04. The highest BCUT2D eigenvalue weighted by molar-refractivity contribution is 7.18. The van der Waals surface area contributed by atoms with Gasteiger partial charge in [0, 0.05) is 23.6 Å². The molecule has 0 bridgehead atoms. The molecule has 0 saturated carbocycles. The van der Waals surface area contributed by atoms with Gasteiger partial charge in [-0.1, -0.05) is 26.0 Å². The van der Waals surface area contributed by atoms with Crippen LogP contribution in [0, 0.1) is 11.3 Å². The Morgan fingerprint density at radius 1 is 1.21 bits per heavy atom. The lowest BCUT2D eigenvalue weighted by Crippen LogP contribution is -2.29. The van der Waals surface area contributed by atoms with Crippen molar-refractivity contribution in [3.63, 3.8) is 0 Å². The van der Waals surface area contributed by atoms with Crippen LogP contribution in [0.25, 0.3) is 10.2 Å². The van der Waals surface area contributed by atoms with Crippen LogP contribution in [0.4, 0.5) is 0 Å². The molecule has 19 heavy (non-hydrogen) atoms. The zero-order chi connectivity index (χ0) is 13.9. The smallest absolute Gasteiger partial charge is 0.0945 e. The van der Waals surface area contributed by atoms with E-state index >= 15 is 0 Å². The van der Waals surface area contributed by atoms with Crippen LogP contribution >= 0.6 is 34.5 Å². The van der Waals surface area contributed by atoms with Crippen LogP contribution in [-0.2, 0) is 6.42 Å². The Kier molecular flexibility index (Phi) is 5.10. The minimum absolute atomic E-state index is 0.0366. The summed E-state index contributed by atoms with van der Waals surface area (Å²) in [5, 5.41) is 1.14. The third-order valence-electron chi connectivity index (χ3n) is 3.27. The fourth-order valence-electron chi connectivity index (χ4n) is 2.49. The number of halogens is 2. The first-order valence-corrected chi connectivity index (χ1v) is 8.43. The van der Waals surface area contributed by atoms with Crippen molar-refractivity contribution in [3.8, 4) is 0 Å². The average molecular weight is 316 g/mol. The van der Waals surface area contributed by atoms with Crippen molar-refractivity contribution in [2.24, 2.45) is 11.3 Å². The monoisotopic (exact) mass is 315 g/mol. The Morgan fingerprint density at radius 3 is 2.47 bits per heavy atom. The number of para-hydroxylation sites is 1. The Labute approximate surface area is 128 Å². The molecule has 0 saturated heterocycles. The number of nitrogens with zero attached hydrogens (tertiary/aromatic N) is 1. The number of hydrogen-bond acceptors (Lipinski definition) is 2. The van der Waals surface area contributed by atoms with E-state index in [0.29, 0.717) is 17.7 Å². The van der Waals surface area contributed by atoms with Crippen molar-refractivity contribution in [1.82, 2.24) is 4.98 Å². The zero-order valence-electron chi connectivity index (χ0n) is 11.3. The third kappa shape index (κ3) is 3.62. The van der Waals surface area contributed by atoms with Crippen LogP contribution in [-0.4, -0.2) is 16.7 Å². The Morgan fingerprint density at radius 2 is 1.89 bits per heavy atom. The van der Waals surface area contributed by atoms with Gasteiger partial charge in [0.25, 0.3) is 0 Å². The first kappa shape index (κ1) is 15.1. The molecule has 0 fully saturated rings. The number of aromatic nitrogens is 1. The van der Waals surface area contributed by atoms with Gasteiger partial charge in [-0.3, -0.25) is 0 Å². The van der Waals surface area contributed by atoms with Gasteiger partial charge in [0.2, 0.25) is 0 Å². The van der Waals surface area contributed by atoms with Crippen LogP contribution in [0.5, 0.6) is 0 Å². The molecule has 0 radical (unpaired) electrons. The lowest BCUT2D eigenvalue weighted by atomic mass is 9.81. The second-order valence-corrected chi connectivity index (χ2v) is 7.27. The molecule has 1 nitrogen and oxygen atoms in total. The molecular formula is C15H19Cl2NS. The van der Waals surface area contributed by atoms with E-state index < -0.39 is 0 Å². The Hall–Kier alpha value is -0.310. The van der Waals surface area contributed by atoms with Crippen LogP contribution in [0.15, 0.2) is 24.3 Å². The summed E-state index contributed by atoms with van der Waals surface area (Å²) in [6.07, 6.45) is 1.91. The highest BCUT2D eigenvalue weighted by Crippen LogP contribution is 2.35. The maximum atomic E-state index is 6.21. The number of fused-ring (bicyclic) bond motifs is 1. The van der Waals surface area contributed by atoms with Gasteiger partial charge in [-0.25, -0.2) is 4.98 Å². The predicted octanol–water partition coefficient (Wildman–Crippen LogP) is 5.35. The van der Waals surface area contributed by atoms with E-state index in [-0.39, 0.29) is 5.41 Å². The molecule has 0 atom stereocenters. The first-order valence-electron chi connectivity index (χ1n) is 6.55. The topological polar surface area (TPSA) is 12.9 Å². The van der Waals surface area contributed by atoms with E-state index in [1.54, 1.807) is 11.3 Å². The summed E-state index contributed by atoms with van der Waals surface area (Å²) in [6.45, 7) is 4.43. The average Bonchev–Trinajstić information content (AvgIpc) is 2.79. The SMILES string of the molecule is CC(C)CC(CCl)(CCl)Cc1nc2ccccc2s1. The lowest BCUT2D eigenvalue weighted by molar-refractivity contribution is 0.295. The predicted molar refractivity (Wildman–Crippen MR) is 86.7 cm³/mol. The van der Waals surface area contributed by atoms with Crippen molar-refractivity contribution >= 4 is 44.8 Å². The maximum Gasteiger partial charge on any atom is 0.0945 e. The van der Waals surface area contributed by atoms with Gasteiger partial charge in [-0.05, 0) is 24.5 Å². The van der Waals surface area contributed by atoms with Gasteiger partial charge in [0.15, 0.2) is 0 Å². The highest BCUT2D eigenvalue weighted by Gasteiger charge is 2.31. The van der Waals surface area contributed by atoms with Crippen molar-refractivity contribution in [1.29, 1.82) is 0 Å². The molecule has 2 rings (SSSR count). The fourth-order valence-corrected chi connectivity index (χ4v) is 4.33. The van der Waals surface area contributed by atoms with Crippen LogP contribution in [0.2, 0.25) is 0 Å². The molecule has 0 spiro atoms. The van der Waals surface area contributed by atoms with Crippen molar-refractivity contribution in [2.75, 3.05) is 11.8 Å². The molecule has 0 aliphatic heterocycles. The number of hydrogen-bond donors (Lipinski definition) is 0. The van der Waals surface area contributed by atoms with E-state index in [2.05, 4.69) is 32.0 Å². The summed E-state index contributed by atoms with van der Waals surface area (Å²) in [5.74, 6) is 1.77. The molecule has 0 N–H and O–H groups in total. The van der Waals surface area contributed by atoms with E-state index in [9.17, 15) is 0 Å². The normalized spacial score (nSPS) is 12.5. The van der Waals surface area contributed by atoms with E-state index in [1.165, 1.54) is 4.70 Å². The molecule has 0 unspecified atom stereocenters. The summed E-state index contributed by atoms with van der Waals surface area (Å²) < 4.78 is 1.24. The quantitative estimate of drug-likeness (QED) is 0.655. The number of benzene rings is 1. The summed E-state index contributed by atoms with van der Waals surface area (Å²) in [6, 6.07) is 8.24. The van der Waals surface area contributed by atoms with Crippen LogP contribution in [0.1, 0.15) is 25.3 Å². The third-order valence-corrected chi connectivity index (χ3v) is 5.44. The first-order chi connectivity index (χ1) is 9.08. The number of alkyl halides is 2. The van der Waals surface area contributed by atoms with Gasteiger partial charge >= 0.3 is 0 Å². The zero-order valence-corrected chi connectivity index (χ0v) is 13.7. The van der Waals surface area contributed by atoms with E-state index in [1.807, 2.05) is 6.07 Å². The summed E-state index contributed by atoms with van der Waals surface area (Å²) in [4.78, 5) is 4.70. The molecule has 1 aromatic heterocycles. The molecule has 0 amide bonds. The van der Waals surface area contributed by atoms with Gasteiger partial charge < -0.3 is 0 Å². The molecule has 0 aliphatic rings. The van der Waals surface area contributed by atoms with Gasteiger partial charge in [-0.2, -0.15) is 0 Å². The summed E-state index contributed by atoms with van der Waals surface area (Å²) in [7, 11) is 0. The molecule has 1 aromatic carbocycles. The van der Waals surface area contributed by atoms with Gasteiger partial charge in [0.1, 0.15) is 0 Å². The van der Waals surface area contributed by atoms with Crippen molar-refractivity contribution < 1.29 is 0 Å². The highest BCUT2D eigenvalue weighted by atomic mass is 35.5. The molecule has 1 heterocycles. The van der Waals surface area contributed by atoms with Crippen molar-refractivity contribution in [3.05, 3.63) is 29.3 Å². The molecular weight excluding hydrogens is 297 g/mol. The number of rotatable bonds is 6. The molecule has 104 valence electrons. The maximum absolute atomic E-state index is 6.21. The second-order valence-electron chi connectivity index (χ2n) is 5.62. The minimum Gasteiger partial charge on any atom is -0.241 e.